The second-order valence-electron chi connectivity index (χ2n) is 5.54. The zero-order valence-corrected chi connectivity index (χ0v) is 12.7. The number of thioether (sulfide) groups is 1. The lowest BCUT2D eigenvalue weighted by atomic mass is 10.0. The van der Waals surface area contributed by atoms with Crippen LogP contribution in [0.5, 0.6) is 0 Å². The normalized spacial score (nSPS) is 16.6. The van der Waals surface area contributed by atoms with Gasteiger partial charge >= 0.3 is 0 Å². The van der Waals surface area contributed by atoms with Crippen molar-refractivity contribution in [3.05, 3.63) is 46.0 Å². The minimum atomic E-state index is 0.0259. The maximum Gasteiger partial charge on any atom is 0.258 e. The first kappa shape index (κ1) is 13.7. The van der Waals surface area contributed by atoms with Crippen LogP contribution in [0.4, 0.5) is 0 Å². The smallest absolute Gasteiger partial charge is 0.258 e. The molecular weight excluding hydrogens is 268 g/mol. The standard InChI is InChI=1S/C16H20N2OS/c1-12-6-5-9-18-15(19)10-13(17-16(12)18)11-20-14-7-3-2-4-8-14/h5-6,9-10,14H,2-4,7-8,11H2,1H3. The third-order valence-corrected chi connectivity index (χ3v) is 5.36. The Morgan fingerprint density at radius 3 is 2.95 bits per heavy atom. The van der Waals surface area contributed by atoms with Gasteiger partial charge in [-0.15, -0.1) is 0 Å². The van der Waals surface area contributed by atoms with Crippen LogP contribution in [0.25, 0.3) is 5.65 Å². The van der Waals surface area contributed by atoms with Crippen molar-refractivity contribution in [3.63, 3.8) is 0 Å². The molecule has 1 fully saturated rings. The molecule has 2 aromatic heterocycles. The largest absolute Gasteiger partial charge is 0.269 e. The zero-order chi connectivity index (χ0) is 13.9. The van der Waals surface area contributed by atoms with Crippen LogP contribution in [-0.2, 0) is 5.75 Å². The monoisotopic (exact) mass is 288 g/mol. The SMILES string of the molecule is Cc1cccn2c(=O)cc(CSC3CCCCC3)nc12. The van der Waals surface area contributed by atoms with E-state index in [1.165, 1.54) is 32.1 Å². The number of pyridine rings is 1. The molecule has 0 bridgehead atoms. The van der Waals surface area contributed by atoms with Crippen LogP contribution in [0.2, 0.25) is 0 Å². The molecule has 0 amide bonds. The lowest BCUT2D eigenvalue weighted by molar-refractivity contribution is 0.516. The average Bonchev–Trinajstić information content (AvgIpc) is 2.47. The third-order valence-electron chi connectivity index (χ3n) is 3.96. The summed E-state index contributed by atoms with van der Waals surface area (Å²) in [5.41, 5.74) is 2.78. The summed E-state index contributed by atoms with van der Waals surface area (Å²) >= 11 is 1.96. The van der Waals surface area contributed by atoms with Gasteiger partial charge < -0.3 is 0 Å². The van der Waals surface area contributed by atoms with E-state index in [2.05, 4.69) is 4.98 Å². The van der Waals surface area contributed by atoms with Crippen molar-refractivity contribution in [1.29, 1.82) is 0 Å². The molecule has 2 heterocycles. The number of rotatable bonds is 3. The van der Waals surface area contributed by atoms with Gasteiger partial charge in [0.25, 0.3) is 5.56 Å². The number of aryl methyl sites for hydroxylation is 1. The third kappa shape index (κ3) is 2.90. The van der Waals surface area contributed by atoms with Gasteiger partial charge in [0.15, 0.2) is 0 Å². The topological polar surface area (TPSA) is 34.4 Å². The first-order chi connectivity index (χ1) is 9.74. The predicted molar refractivity (Wildman–Crippen MR) is 84.4 cm³/mol. The first-order valence-electron chi connectivity index (χ1n) is 7.33. The van der Waals surface area contributed by atoms with Crippen molar-refractivity contribution in [3.8, 4) is 0 Å². The number of aromatic nitrogens is 2. The van der Waals surface area contributed by atoms with Crippen LogP contribution in [0.3, 0.4) is 0 Å². The molecule has 0 radical (unpaired) electrons. The van der Waals surface area contributed by atoms with E-state index in [0.29, 0.717) is 0 Å². The second-order valence-corrected chi connectivity index (χ2v) is 6.83. The van der Waals surface area contributed by atoms with Crippen LogP contribution in [-0.4, -0.2) is 14.6 Å². The molecule has 4 heteroatoms. The number of hydrogen-bond donors (Lipinski definition) is 0. The van der Waals surface area contributed by atoms with E-state index in [0.717, 1.165) is 27.9 Å². The van der Waals surface area contributed by atoms with Crippen molar-refractivity contribution in [1.82, 2.24) is 9.38 Å². The van der Waals surface area contributed by atoms with Crippen LogP contribution in [0.15, 0.2) is 29.2 Å². The van der Waals surface area contributed by atoms with E-state index in [9.17, 15) is 4.79 Å². The highest BCUT2D eigenvalue weighted by Gasteiger charge is 2.14. The molecule has 0 aliphatic heterocycles. The fourth-order valence-electron chi connectivity index (χ4n) is 2.82. The van der Waals surface area contributed by atoms with Gasteiger partial charge in [0, 0.05) is 23.3 Å². The van der Waals surface area contributed by atoms with Gasteiger partial charge in [-0.2, -0.15) is 11.8 Å². The summed E-state index contributed by atoms with van der Waals surface area (Å²) in [5, 5.41) is 0.751. The fourth-order valence-corrected chi connectivity index (χ4v) is 4.04. The molecule has 0 spiro atoms. The molecule has 106 valence electrons. The minimum Gasteiger partial charge on any atom is -0.269 e. The van der Waals surface area contributed by atoms with Crippen LogP contribution >= 0.6 is 11.8 Å². The lowest BCUT2D eigenvalue weighted by Crippen LogP contribution is -2.16. The fraction of sp³-hybridized carbons (Fsp3) is 0.500. The summed E-state index contributed by atoms with van der Waals surface area (Å²) in [6, 6.07) is 5.57. The van der Waals surface area contributed by atoms with Crippen molar-refractivity contribution in [2.45, 2.75) is 50.0 Å². The molecule has 20 heavy (non-hydrogen) atoms. The van der Waals surface area contributed by atoms with Crippen LogP contribution in [0, 0.1) is 6.92 Å². The summed E-state index contributed by atoms with van der Waals surface area (Å²) in [6.07, 6.45) is 8.50. The maximum atomic E-state index is 12.1. The highest BCUT2D eigenvalue weighted by atomic mass is 32.2. The number of fused-ring (bicyclic) bond motifs is 1. The molecule has 1 saturated carbocycles. The van der Waals surface area contributed by atoms with Gasteiger partial charge in [0.05, 0.1) is 5.69 Å². The second kappa shape index (κ2) is 6.00. The van der Waals surface area contributed by atoms with E-state index >= 15 is 0 Å². The Morgan fingerprint density at radius 2 is 2.15 bits per heavy atom. The Labute approximate surface area is 123 Å². The highest BCUT2D eigenvalue weighted by Crippen LogP contribution is 2.29. The summed E-state index contributed by atoms with van der Waals surface area (Å²) in [4.78, 5) is 16.8. The van der Waals surface area contributed by atoms with E-state index in [-0.39, 0.29) is 5.56 Å². The minimum absolute atomic E-state index is 0.0259. The Balaban J connectivity index is 1.81. The van der Waals surface area contributed by atoms with Gasteiger partial charge in [0.1, 0.15) is 5.65 Å². The van der Waals surface area contributed by atoms with Gasteiger partial charge in [-0.1, -0.05) is 25.3 Å². The molecule has 3 rings (SSSR count). The zero-order valence-electron chi connectivity index (χ0n) is 11.8. The predicted octanol–water partition coefficient (Wildman–Crippen LogP) is 3.57. The van der Waals surface area contributed by atoms with Crippen molar-refractivity contribution < 1.29 is 0 Å². The molecule has 0 atom stereocenters. The average molecular weight is 288 g/mol. The molecule has 2 aromatic rings. The Hall–Kier alpha value is -1.29. The first-order valence-corrected chi connectivity index (χ1v) is 8.38. The lowest BCUT2D eigenvalue weighted by Gasteiger charge is -2.20. The quantitative estimate of drug-likeness (QED) is 0.866. The highest BCUT2D eigenvalue weighted by molar-refractivity contribution is 7.99. The Kier molecular flexibility index (Phi) is 4.10. The Bertz CT molecular complexity index is 659. The maximum absolute atomic E-state index is 12.1. The number of nitrogens with zero attached hydrogens (tertiary/aromatic N) is 2. The van der Waals surface area contributed by atoms with Crippen LogP contribution < -0.4 is 5.56 Å². The molecule has 3 nitrogen and oxygen atoms in total. The summed E-state index contributed by atoms with van der Waals surface area (Å²) in [5.74, 6) is 0.852. The van der Waals surface area contributed by atoms with Crippen LogP contribution in [0.1, 0.15) is 43.4 Å². The van der Waals surface area contributed by atoms with Crippen molar-refractivity contribution in [2.75, 3.05) is 0 Å². The number of hydrogen-bond acceptors (Lipinski definition) is 3. The summed E-state index contributed by atoms with van der Waals surface area (Å²) in [6.45, 7) is 2.00. The van der Waals surface area contributed by atoms with E-state index in [1.807, 2.05) is 30.8 Å². The molecule has 0 N–H and O–H groups in total. The van der Waals surface area contributed by atoms with Crippen molar-refractivity contribution in [2.24, 2.45) is 0 Å². The van der Waals surface area contributed by atoms with Crippen molar-refractivity contribution >= 4 is 17.4 Å². The van der Waals surface area contributed by atoms with E-state index in [1.54, 1.807) is 16.7 Å². The molecule has 1 aliphatic carbocycles. The molecule has 0 saturated heterocycles. The summed E-state index contributed by atoms with van der Waals surface area (Å²) < 4.78 is 1.63. The summed E-state index contributed by atoms with van der Waals surface area (Å²) in [7, 11) is 0. The van der Waals surface area contributed by atoms with E-state index in [4.69, 9.17) is 0 Å². The van der Waals surface area contributed by atoms with Gasteiger partial charge in [0.2, 0.25) is 0 Å². The van der Waals surface area contributed by atoms with Gasteiger partial charge in [-0.05, 0) is 31.4 Å². The van der Waals surface area contributed by atoms with E-state index < -0.39 is 0 Å². The van der Waals surface area contributed by atoms with Gasteiger partial charge in [-0.3, -0.25) is 9.20 Å². The molecule has 0 aromatic carbocycles. The Morgan fingerprint density at radius 1 is 1.35 bits per heavy atom. The molecular formula is C16H20N2OS. The molecule has 0 unspecified atom stereocenters. The molecule has 1 aliphatic rings. The van der Waals surface area contributed by atoms with Gasteiger partial charge in [-0.25, -0.2) is 4.98 Å².